The van der Waals surface area contributed by atoms with E-state index in [0.717, 1.165) is 20.2 Å². The minimum absolute atomic E-state index is 0.0182. The van der Waals surface area contributed by atoms with Gasteiger partial charge in [0.1, 0.15) is 6.61 Å². The van der Waals surface area contributed by atoms with Gasteiger partial charge in [-0.3, -0.25) is 9.69 Å². The summed E-state index contributed by atoms with van der Waals surface area (Å²) in [6, 6.07) is 18.8. The van der Waals surface area contributed by atoms with Gasteiger partial charge >= 0.3 is 12.1 Å². The topological polar surface area (TPSA) is 134 Å². The van der Waals surface area contributed by atoms with Crippen molar-refractivity contribution < 1.29 is 37.4 Å². The van der Waals surface area contributed by atoms with Crippen molar-refractivity contribution in [1.82, 2.24) is 14.1 Å². The molecular weight excluding hydrogens is 586 g/mol. The van der Waals surface area contributed by atoms with Crippen LogP contribution in [0.5, 0.6) is 0 Å². The molecule has 0 bridgehead atoms. The van der Waals surface area contributed by atoms with Crippen molar-refractivity contribution >= 4 is 50.4 Å². The van der Waals surface area contributed by atoms with E-state index in [1.807, 2.05) is 30.3 Å². The minimum atomic E-state index is -4.26. The zero-order valence-electron chi connectivity index (χ0n) is 22.4. The number of rotatable bonds is 5. The molecule has 3 aromatic carbocycles. The van der Waals surface area contributed by atoms with E-state index in [1.165, 1.54) is 17.0 Å². The Kier molecular flexibility index (Phi) is 7.12. The maximum atomic E-state index is 13.7. The predicted molar refractivity (Wildman–Crippen MR) is 151 cm³/mol. The molecule has 0 radical (unpaired) electrons. The van der Waals surface area contributed by atoms with Gasteiger partial charge in [0.2, 0.25) is 15.9 Å². The maximum absolute atomic E-state index is 13.7. The number of hydrogen-bond donors (Lipinski definition) is 1. The van der Waals surface area contributed by atoms with Crippen LogP contribution in [0.3, 0.4) is 0 Å². The van der Waals surface area contributed by atoms with Crippen LogP contribution >= 0.6 is 11.6 Å². The van der Waals surface area contributed by atoms with Gasteiger partial charge in [-0.1, -0.05) is 54.1 Å². The van der Waals surface area contributed by atoms with Crippen molar-refractivity contribution in [3.8, 4) is 0 Å². The van der Waals surface area contributed by atoms with Crippen LogP contribution in [0.2, 0.25) is 5.02 Å². The summed E-state index contributed by atoms with van der Waals surface area (Å²) in [5, 5.41) is 12.2. The molecule has 3 heterocycles. The molecule has 42 heavy (non-hydrogen) atoms. The molecule has 3 aliphatic heterocycles. The number of benzene rings is 3. The van der Waals surface area contributed by atoms with Crippen molar-refractivity contribution in [2.75, 3.05) is 32.7 Å². The lowest BCUT2D eigenvalue weighted by Crippen LogP contribution is -2.67. The second-order valence-corrected chi connectivity index (χ2v) is 13.2. The molecule has 1 spiro atoms. The van der Waals surface area contributed by atoms with E-state index in [2.05, 4.69) is 0 Å². The largest absolute Gasteiger partial charge is 0.478 e. The van der Waals surface area contributed by atoms with Gasteiger partial charge in [-0.25, -0.2) is 18.0 Å². The van der Waals surface area contributed by atoms with Gasteiger partial charge in [-0.2, -0.15) is 4.31 Å². The fourth-order valence-electron chi connectivity index (χ4n) is 5.87. The number of sulfonamides is 1. The second kappa shape index (κ2) is 10.5. The maximum Gasteiger partial charge on any atom is 0.410 e. The molecule has 1 unspecified atom stereocenters. The molecule has 1 atom stereocenters. The lowest BCUT2D eigenvalue weighted by Gasteiger charge is -2.42. The van der Waals surface area contributed by atoms with Gasteiger partial charge in [-0.15, -0.1) is 0 Å². The van der Waals surface area contributed by atoms with Crippen LogP contribution in [-0.4, -0.2) is 89.6 Å². The van der Waals surface area contributed by atoms with E-state index in [-0.39, 0.29) is 44.0 Å². The number of hydrogen-bond acceptors (Lipinski definition) is 7. The molecule has 0 saturated carbocycles. The van der Waals surface area contributed by atoms with Crippen LogP contribution in [0.4, 0.5) is 4.79 Å². The summed E-state index contributed by atoms with van der Waals surface area (Å²) < 4.78 is 39.8. The molecular formula is C29H28ClN3O8S. The molecule has 2 amide bonds. The Morgan fingerprint density at radius 2 is 1.67 bits per heavy atom. The van der Waals surface area contributed by atoms with Crippen molar-refractivity contribution in [2.45, 2.75) is 35.7 Å². The number of aliphatic carboxylic acids is 1. The Morgan fingerprint density at radius 1 is 0.976 bits per heavy atom. The third kappa shape index (κ3) is 4.98. The van der Waals surface area contributed by atoms with Gasteiger partial charge in [0.05, 0.1) is 30.1 Å². The van der Waals surface area contributed by atoms with Gasteiger partial charge < -0.3 is 19.5 Å². The number of ether oxygens (including phenoxy) is 2. The first-order valence-electron chi connectivity index (χ1n) is 13.4. The minimum Gasteiger partial charge on any atom is -0.478 e. The Morgan fingerprint density at radius 3 is 2.38 bits per heavy atom. The number of carbonyl (C=O) groups excluding carboxylic acids is 2. The molecule has 3 aromatic rings. The van der Waals surface area contributed by atoms with Gasteiger partial charge in [0.15, 0.2) is 0 Å². The summed E-state index contributed by atoms with van der Waals surface area (Å²) in [6.07, 6.45) is 0.0155. The number of carboxylic acid groups (broad SMARTS) is 1. The number of fused-ring (bicyclic) bond motifs is 2. The van der Waals surface area contributed by atoms with E-state index < -0.39 is 52.4 Å². The Bertz CT molecular complexity index is 1680. The SMILES string of the molecule is O=C(OCc1ccccc1)N1CCC2(CC1)CN1C(=O)CN(S(=O)(=O)c3ccc4cc(Cl)ccc4c3)CC1(C(=O)O)O2. The summed E-state index contributed by atoms with van der Waals surface area (Å²) in [4.78, 5) is 41.3. The normalized spacial score (nSPS) is 22.4. The van der Waals surface area contributed by atoms with Crippen molar-refractivity contribution in [1.29, 1.82) is 0 Å². The van der Waals surface area contributed by atoms with E-state index in [4.69, 9.17) is 21.1 Å². The number of piperidine rings is 1. The molecule has 1 N–H and O–H groups in total. The molecule has 3 aliphatic rings. The predicted octanol–water partition coefficient (Wildman–Crippen LogP) is 3.31. The standard InChI is InChI=1S/C29H28ClN3O8S/c30-23-8-6-22-15-24(9-7-21(22)14-23)42(38,39)32-16-25(34)33-18-28(41-29(33,19-32)26(35)36)10-12-31(13-11-28)27(37)40-17-20-4-2-1-3-5-20/h1-9,14-15H,10-13,16-19H2,(H,35,36). The van der Waals surface area contributed by atoms with Gasteiger partial charge in [0.25, 0.3) is 5.72 Å². The summed E-state index contributed by atoms with van der Waals surface area (Å²) in [5.74, 6) is -2.12. The fourth-order valence-corrected chi connectivity index (χ4v) is 7.49. The monoisotopic (exact) mass is 613 g/mol. The second-order valence-electron chi connectivity index (χ2n) is 10.8. The molecule has 0 aliphatic carbocycles. The van der Waals surface area contributed by atoms with Crippen LogP contribution in [-0.2, 0) is 35.7 Å². The number of amides is 2. The highest BCUT2D eigenvalue weighted by molar-refractivity contribution is 7.89. The number of likely N-dealkylation sites (tertiary alicyclic amines) is 1. The summed E-state index contributed by atoms with van der Waals surface area (Å²) in [7, 11) is -4.26. The summed E-state index contributed by atoms with van der Waals surface area (Å²) in [6.45, 7) is -0.525. The van der Waals surface area contributed by atoms with E-state index in [0.29, 0.717) is 10.4 Å². The highest BCUT2D eigenvalue weighted by atomic mass is 35.5. The number of piperazine rings is 1. The summed E-state index contributed by atoms with van der Waals surface area (Å²) in [5.41, 5.74) is -2.39. The first-order valence-corrected chi connectivity index (χ1v) is 15.2. The zero-order chi connectivity index (χ0) is 29.7. The smallest absolute Gasteiger partial charge is 0.410 e. The average Bonchev–Trinajstić information content (AvgIpc) is 3.32. The van der Waals surface area contributed by atoms with Crippen molar-refractivity contribution in [3.05, 3.63) is 77.3 Å². The van der Waals surface area contributed by atoms with Crippen LogP contribution in [0.1, 0.15) is 18.4 Å². The Labute approximate surface area is 247 Å². The Balaban J connectivity index is 1.19. The van der Waals surface area contributed by atoms with E-state index in [1.54, 1.807) is 24.3 Å². The highest BCUT2D eigenvalue weighted by Gasteiger charge is 2.65. The summed E-state index contributed by atoms with van der Waals surface area (Å²) >= 11 is 6.04. The molecule has 3 fully saturated rings. The molecule has 6 rings (SSSR count). The molecule has 220 valence electrons. The van der Waals surface area contributed by atoms with Crippen LogP contribution in [0.25, 0.3) is 10.8 Å². The molecule has 0 aromatic heterocycles. The molecule has 13 heteroatoms. The van der Waals surface area contributed by atoms with E-state index >= 15 is 0 Å². The number of carboxylic acids is 1. The number of nitrogens with zero attached hydrogens (tertiary/aromatic N) is 3. The zero-order valence-corrected chi connectivity index (χ0v) is 24.0. The van der Waals surface area contributed by atoms with Crippen molar-refractivity contribution in [2.24, 2.45) is 0 Å². The lowest BCUT2D eigenvalue weighted by molar-refractivity contribution is -0.204. The molecule has 3 saturated heterocycles. The highest BCUT2D eigenvalue weighted by Crippen LogP contribution is 2.44. The first kappa shape index (κ1) is 28.4. The molecule has 11 nitrogen and oxygen atoms in total. The average molecular weight is 614 g/mol. The lowest BCUT2D eigenvalue weighted by atomic mass is 9.91. The fraction of sp³-hybridized carbons (Fsp3) is 0.345. The number of halogens is 1. The van der Waals surface area contributed by atoms with Gasteiger partial charge in [-0.05, 0) is 53.4 Å². The Hall–Kier alpha value is -3.71. The number of carbonyl (C=O) groups is 3. The quantitative estimate of drug-likeness (QED) is 0.463. The van der Waals surface area contributed by atoms with Crippen molar-refractivity contribution in [3.63, 3.8) is 0 Å². The van der Waals surface area contributed by atoms with E-state index in [9.17, 15) is 27.9 Å². The van der Waals surface area contributed by atoms with Crippen LogP contribution < -0.4 is 0 Å². The van der Waals surface area contributed by atoms with Crippen LogP contribution in [0, 0.1) is 0 Å². The first-order chi connectivity index (χ1) is 20.0. The van der Waals surface area contributed by atoms with Crippen LogP contribution in [0.15, 0.2) is 71.6 Å². The third-order valence-electron chi connectivity index (χ3n) is 8.15. The third-order valence-corrected chi connectivity index (χ3v) is 10.2. The van der Waals surface area contributed by atoms with Gasteiger partial charge in [0, 0.05) is 18.1 Å².